The predicted octanol–water partition coefficient (Wildman–Crippen LogP) is 4.11. The molecule has 0 fully saturated rings. The topological polar surface area (TPSA) is 213 Å². The largest absolute Gasteiger partial charge is 0.479 e. The molecule has 43 heavy (non-hydrogen) atoms. The van der Waals surface area contributed by atoms with Gasteiger partial charge in [-0.15, -0.1) is 0 Å². The van der Waals surface area contributed by atoms with E-state index < -0.39 is 56.2 Å². The van der Waals surface area contributed by atoms with E-state index in [0.717, 1.165) is 37.1 Å². The lowest BCUT2D eigenvalue weighted by atomic mass is 9.73. The van der Waals surface area contributed by atoms with Crippen LogP contribution in [0.4, 0.5) is 0 Å². The van der Waals surface area contributed by atoms with Gasteiger partial charge in [0.25, 0.3) is 11.2 Å². The Balaban J connectivity index is 0.000000474. The fourth-order valence-electron chi connectivity index (χ4n) is 4.18. The van der Waals surface area contributed by atoms with E-state index in [1.807, 2.05) is 0 Å². The van der Waals surface area contributed by atoms with Crippen LogP contribution in [-0.4, -0.2) is 74.7 Å². The maximum atomic E-state index is 12.6. The van der Waals surface area contributed by atoms with Gasteiger partial charge in [0, 0.05) is 11.1 Å². The molecule has 2 aromatic carbocycles. The first-order valence-corrected chi connectivity index (χ1v) is 15.3. The highest BCUT2D eigenvalue weighted by atomic mass is 32.3. The second-order valence-corrected chi connectivity index (χ2v) is 10.9. The highest BCUT2D eigenvalue weighted by Gasteiger charge is 2.69. The summed E-state index contributed by atoms with van der Waals surface area (Å²) in [6, 6.07) is 12.8. The van der Waals surface area contributed by atoms with Crippen molar-refractivity contribution in [2.45, 2.75) is 82.3 Å². The van der Waals surface area contributed by atoms with E-state index in [4.69, 9.17) is 4.55 Å². The fraction of sp³-hybridized carbons (Fsp3) is 0.467. The minimum atomic E-state index is -4.23. The average Bonchev–Trinajstić information content (AvgIpc) is 2.98. The standard InChI is InChI=1S/C18H14O8.C12H26O4S/c19-13(11-7-3-1-4-8-11)17(25,15(21)22)18(26,16(23)24)14(20)12-9-5-2-6-10-12;1-2-3-4-5-6-7-8-9-10-11-12-16-17(13,14)15/h1-10,25-26H,(H,21,22)(H,23,24);2-12H2,1H3,(H,13,14,15). The van der Waals surface area contributed by atoms with Crippen LogP contribution in [0.1, 0.15) is 91.8 Å². The van der Waals surface area contributed by atoms with Gasteiger partial charge < -0.3 is 20.4 Å². The number of carboxylic acids is 2. The highest BCUT2D eigenvalue weighted by molar-refractivity contribution is 7.80. The Bertz CT molecular complexity index is 1210. The smallest absolute Gasteiger partial charge is 0.397 e. The number of unbranched alkanes of at least 4 members (excludes halogenated alkanes) is 9. The summed E-state index contributed by atoms with van der Waals surface area (Å²) in [6.45, 7) is 2.31. The molecular weight excluding hydrogens is 584 g/mol. The van der Waals surface area contributed by atoms with Crippen molar-refractivity contribution < 1.29 is 56.8 Å². The normalized spacial score (nSPS) is 14.0. The lowest BCUT2D eigenvalue weighted by Crippen LogP contribution is -2.71. The van der Waals surface area contributed by atoms with Gasteiger partial charge in [0.05, 0.1) is 6.61 Å². The molecule has 238 valence electrons. The number of carboxylic acid groups (broad SMARTS) is 2. The van der Waals surface area contributed by atoms with E-state index in [9.17, 15) is 48.0 Å². The second-order valence-electron chi connectivity index (χ2n) is 9.85. The first-order valence-electron chi connectivity index (χ1n) is 14.0. The number of hydrogen-bond acceptors (Lipinski definition) is 9. The molecule has 2 aromatic rings. The van der Waals surface area contributed by atoms with Crippen LogP contribution in [0, 0.1) is 0 Å². The summed E-state index contributed by atoms with van der Waals surface area (Å²) in [5.74, 6) is -8.03. The molecule has 0 saturated heterocycles. The first-order chi connectivity index (χ1) is 20.2. The molecule has 0 amide bonds. The SMILES string of the molecule is CCCCCCCCCCCCOS(=O)(=O)O.O=C(O)C(O)(C(=O)c1ccccc1)C(O)(C(=O)O)C(=O)c1ccccc1. The van der Waals surface area contributed by atoms with Gasteiger partial charge >= 0.3 is 22.3 Å². The van der Waals surface area contributed by atoms with Crippen LogP contribution in [0.2, 0.25) is 0 Å². The first kappa shape index (κ1) is 37.5. The van der Waals surface area contributed by atoms with Gasteiger partial charge in [0.1, 0.15) is 0 Å². The molecule has 0 bridgehead atoms. The third-order valence-electron chi connectivity index (χ3n) is 6.60. The van der Waals surface area contributed by atoms with Crippen LogP contribution >= 0.6 is 0 Å². The summed E-state index contributed by atoms with van der Waals surface area (Å²) in [7, 11) is -4.23. The molecule has 2 atom stereocenters. The summed E-state index contributed by atoms with van der Waals surface area (Å²) in [5, 5.41) is 39.9. The Morgan fingerprint density at radius 3 is 1.26 bits per heavy atom. The van der Waals surface area contributed by atoms with Gasteiger partial charge in [0.2, 0.25) is 11.6 Å². The zero-order valence-electron chi connectivity index (χ0n) is 24.1. The third kappa shape index (κ3) is 11.3. The molecule has 13 heteroatoms. The summed E-state index contributed by atoms with van der Waals surface area (Å²) in [4.78, 5) is 48.5. The monoisotopic (exact) mass is 624 g/mol. The number of hydrogen-bond donors (Lipinski definition) is 5. The zero-order valence-corrected chi connectivity index (χ0v) is 24.9. The van der Waals surface area contributed by atoms with Gasteiger partial charge in [-0.3, -0.25) is 14.1 Å². The summed E-state index contributed by atoms with van der Waals surface area (Å²) >= 11 is 0. The average molecular weight is 625 g/mol. The Kier molecular flexibility index (Phi) is 15.9. The minimum Gasteiger partial charge on any atom is -0.479 e. The van der Waals surface area contributed by atoms with Crippen molar-refractivity contribution in [3.05, 3.63) is 71.8 Å². The van der Waals surface area contributed by atoms with E-state index >= 15 is 0 Å². The second kappa shape index (κ2) is 18.2. The molecule has 5 N–H and O–H groups in total. The molecule has 2 rings (SSSR count). The van der Waals surface area contributed by atoms with Crippen molar-refractivity contribution in [2.75, 3.05) is 6.61 Å². The van der Waals surface area contributed by atoms with Gasteiger partial charge in [-0.1, -0.05) is 125 Å². The number of aliphatic hydroxyl groups is 2. The van der Waals surface area contributed by atoms with Crippen LogP contribution in [-0.2, 0) is 24.2 Å². The minimum absolute atomic E-state index is 0.0926. The number of ketones is 2. The maximum Gasteiger partial charge on any atom is 0.397 e. The van der Waals surface area contributed by atoms with E-state index in [2.05, 4.69) is 11.1 Å². The zero-order chi connectivity index (χ0) is 32.5. The van der Waals surface area contributed by atoms with Crippen LogP contribution in [0.25, 0.3) is 0 Å². The number of aliphatic carboxylic acids is 2. The van der Waals surface area contributed by atoms with Crippen LogP contribution in [0.5, 0.6) is 0 Å². The molecule has 0 heterocycles. The maximum absolute atomic E-state index is 12.6. The summed E-state index contributed by atoms with van der Waals surface area (Å²) in [5.41, 5.74) is -8.68. The Morgan fingerprint density at radius 2 is 0.953 bits per heavy atom. The number of carbonyl (C=O) groups is 4. The van der Waals surface area contributed by atoms with Gasteiger partial charge in [-0.2, -0.15) is 8.42 Å². The highest BCUT2D eigenvalue weighted by Crippen LogP contribution is 2.31. The van der Waals surface area contributed by atoms with Crippen molar-refractivity contribution in [1.82, 2.24) is 0 Å². The lowest BCUT2D eigenvalue weighted by molar-refractivity contribution is -0.187. The molecule has 0 aliphatic carbocycles. The molecule has 2 unspecified atom stereocenters. The van der Waals surface area contributed by atoms with E-state index in [0.29, 0.717) is 6.42 Å². The molecule has 0 aliphatic heterocycles. The molecule has 0 spiro atoms. The lowest BCUT2D eigenvalue weighted by Gasteiger charge is -2.34. The van der Waals surface area contributed by atoms with Crippen LogP contribution in [0.3, 0.4) is 0 Å². The Morgan fingerprint density at radius 1 is 0.628 bits per heavy atom. The number of rotatable bonds is 19. The van der Waals surface area contributed by atoms with Crippen molar-refractivity contribution in [3.63, 3.8) is 0 Å². The van der Waals surface area contributed by atoms with Crippen molar-refractivity contribution in [2.24, 2.45) is 0 Å². The molecular formula is C30H40O12S. The van der Waals surface area contributed by atoms with Crippen molar-refractivity contribution in [3.8, 4) is 0 Å². The quantitative estimate of drug-likeness (QED) is 0.0646. The Labute approximate surface area is 251 Å². The van der Waals surface area contributed by atoms with Crippen LogP contribution in [0.15, 0.2) is 60.7 Å². The Hall–Kier alpha value is -3.49. The summed E-state index contributed by atoms with van der Waals surface area (Å²) < 4.78 is 33.0. The molecule has 0 saturated carbocycles. The van der Waals surface area contributed by atoms with Crippen LogP contribution < -0.4 is 0 Å². The molecule has 0 radical (unpaired) electrons. The van der Waals surface area contributed by atoms with Gasteiger partial charge in [0.15, 0.2) is 0 Å². The summed E-state index contributed by atoms with van der Waals surface area (Å²) in [6.07, 6.45) is 11.9. The molecule has 0 aromatic heterocycles. The molecule has 0 aliphatic rings. The predicted molar refractivity (Wildman–Crippen MR) is 156 cm³/mol. The number of benzene rings is 2. The molecule has 12 nitrogen and oxygen atoms in total. The fourth-order valence-corrected chi connectivity index (χ4v) is 4.51. The van der Waals surface area contributed by atoms with Crippen molar-refractivity contribution in [1.29, 1.82) is 0 Å². The van der Waals surface area contributed by atoms with E-state index in [-0.39, 0.29) is 6.61 Å². The van der Waals surface area contributed by atoms with E-state index in [1.54, 1.807) is 0 Å². The number of Topliss-reactive ketones (excluding diaryl/α,β-unsaturated/α-hetero) is 2. The number of carbonyl (C=O) groups excluding carboxylic acids is 2. The van der Waals surface area contributed by atoms with E-state index in [1.165, 1.54) is 81.3 Å². The third-order valence-corrected chi connectivity index (χ3v) is 7.07. The van der Waals surface area contributed by atoms with Gasteiger partial charge in [-0.05, 0) is 6.42 Å². The van der Waals surface area contributed by atoms with Crippen molar-refractivity contribution >= 4 is 33.9 Å². The van der Waals surface area contributed by atoms with Gasteiger partial charge in [-0.25, -0.2) is 13.8 Å².